The molecule has 28 heavy (non-hydrogen) atoms. The Morgan fingerprint density at radius 1 is 1.11 bits per heavy atom. The summed E-state index contributed by atoms with van der Waals surface area (Å²) in [5, 5.41) is 5.25. The van der Waals surface area contributed by atoms with Gasteiger partial charge in [-0.05, 0) is 32.3 Å². The number of alkyl halides is 1. The Hall–Kier alpha value is -1.37. The first kappa shape index (κ1) is 34.2. The number of allylic oxidation sites excluding steroid dienone is 1. The molecule has 0 aliphatic carbocycles. The molecule has 0 fully saturated rings. The Kier molecular flexibility index (Phi) is 44.6. The van der Waals surface area contributed by atoms with E-state index in [4.69, 9.17) is 21.1 Å². The van der Waals surface area contributed by atoms with Crippen LogP contribution in [-0.4, -0.2) is 57.2 Å². The van der Waals surface area contributed by atoms with Crippen LogP contribution in [0.3, 0.4) is 0 Å². The van der Waals surface area contributed by atoms with E-state index < -0.39 is 0 Å². The van der Waals surface area contributed by atoms with Crippen LogP contribution in [0.25, 0.3) is 0 Å². The normalized spacial score (nSPS) is 9.64. The quantitative estimate of drug-likeness (QED) is 0.137. The van der Waals surface area contributed by atoms with Crippen LogP contribution in [-0.2, 0) is 19.1 Å². The zero-order valence-corrected chi connectivity index (χ0v) is 19.4. The molecule has 0 aliphatic rings. The molecule has 0 bridgehead atoms. The second kappa shape index (κ2) is 36.5. The Labute approximate surface area is 178 Å². The van der Waals surface area contributed by atoms with E-state index in [2.05, 4.69) is 23.8 Å². The van der Waals surface area contributed by atoms with Crippen LogP contribution >= 0.6 is 11.6 Å². The molecule has 2 N–H and O–H groups in total. The van der Waals surface area contributed by atoms with Gasteiger partial charge in [0.25, 0.3) is 0 Å². The van der Waals surface area contributed by atoms with E-state index in [1.165, 1.54) is 6.08 Å². The lowest BCUT2D eigenvalue weighted by Crippen LogP contribution is -2.26. The molecule has 0 aliphatic heterocycles. The Morgan fingerprint density at radius 2 is 1.68 bits per heavy atom. The number of amides is 2. The summed E-state index contributed by atoms with van der Waals surface area (Å²) >= 11 is 5.73. The van der Waals surface area contributed by atoms with Crippen LogP contribution in [0.1, 0.15) is 53.9 Å². The molecule has 2 amide bonds. The highest BCUT2D eigenvalue weighted by Gasteiger charge is 2.08. The molecule has 0 aromatic heterocycles. The fourth-order valence-electron chi connectivity index (χ4n) is 1.49. The van der Waals surface area contributed by atoms with Crippen LogP contribution in [0.2, 0.25) is 0 Å². The number of ether oxygens (including phenoxy) is 2. The lowest BCUT2D eigenvalue weighted by Gasteiger charge is -2.17. The highest BCUT2D eigenvalue weighted by molar-refractivity contribution is 6.17. The minimum Gasteiger partial charge on any atom is -0.379 e. The van der Waals surface area contributed by atoms with E-state index in [1.54, 1.807) is 6.08 Å². The van der Waals surface area contributed by atoms with Gasteiger partial charge in [-0.15, -0.1) is 18.2 Å². The molecule has 0 spiro atoms. The summed E-state index contributed by atoms with van der Waals surface area (Å²) in [5.74, 6) is 0.327. The molecule has 0 saturated carbocycles. The molecule has 0 rings (SSSR count). The third-order valence-corrected chi connectivity index (χ3v) is 2.81. The van der Waals surface area contributed by atoms with Crippen LogP contribution in [0.15, 0.2) is 25.3 Å². The molecular weight excluding hydrogens is 380 g/mol. The molecule has 0 radical (unpaired) electrons. The first-order valence-corrected chi connectivity index (χ1v) is 10.6. The Morgan fingerprint density at radius 3 is 2.18 bits per heavy atom. The Balaban J connectivity index is -0.000000362. The van der Waals surface area contributed by atoms with Crippen molar-refractivity contribution >= 4 is 23.9 Å². The molecule has 1 atom stereocenters. The van der Waals surface area contributed by atoms with Crippen molar-refractivity contribution in [1.29, 1.82) is 0 Å². The second-order valence-corrected chi connectivity index (χ2v) is 5.11. The standard InChI is InChI=1S/C14H25ClN2O4.C3H6.2C2H6/c1-2-14(19)17-8-4-10-21-13(5-6-15)11-20-9-3-7-16-12-18;1-3-2;2*1-2/h2,12-13H,1,3-11H2,(H,16,18)(H,17,19);3H,1H2,2H3;2*1-2H3. The molecule has 0 heterocycles. The predicted molar refractivity (Wildman–Crippen MR) is 121 cm³/mol. The van der Waals surface area contributed by atoms with Crippen molar-refractivity contribution in [2.45, 2.75) is 60.0 Å². The summed E-state index contributed by atoms with van der Waals surface area (Å²) in [6.45, 7) is 19.4. The summed E-state index contributed by atoms with van der Waals surface area (Å²) in [4.78, 5) is 21.0. The van der Waals surface area contributed by atoms with Crippen LogP contribution in [0.5, 0.6) is 0 Å². The monoisotopic (exact) mass is 422 g/mol. The maximum atomic E-state index is 10.9. The summed E-state index contributed by atoms with van der Waals surface area (Å²) in [6.07, 6.45) is 5.82. The van der Waals surface area contributed by atoms with Gasteiger partial charge in [-0.1, -0.05) is 40.3 Å². The van der Waals surface area contributed by atoms with E-state index in [9.17, 15) is 9.59 Å². The van der Waals surface area contributed by atoms with Gasteiger partial charge in [0.1, 0.15) is 0 Å². The first-order valence-electron chi connectivity index (χ1n) is 10.1. The van der Waals surface area contributed by atoms with Crippen LogP contribution in [0, 0.1) is 0 Å². The minimum atomic E-state index is -0.181. The lowest BCUT2D eigenvalue weighted by molar-refractivity contribution is -0.116. The number of carbonyl (C=O) groups is 2. The van der Waals surface area contributed by atoms with Crippen molar-refractivity contribution < 1.29 is 19.1 Å². The van der Waals surface area contributed by atoms with Crippen LogP contribution in [0.4, 0.5) is 0 Å². The average molecular weight is 423 g/mol. The number of halogens is 1. The highest BCUT2D eigenvalue weighted by Crippen LogP contribution is 2.03. The number of rotatable bonds is 15. The molecule has 0 saturated heterocycles. The van der Waals surface area contributed by atoms with E-state index in [-0.39, 0.29) is 12.0 Å². The predicted octanol–water partition coefficient (Wildman–Crippen LogP) is 4.09. The van der Waals surface area contributed by atoms with Crippen molar-refractivity contribution in [3.8, 4) is 0 Å². The van der Waals surface area contributed by atoms with Gasteiger partial charge >= 0.3 is 0 Å². The molecule has 6 nitrogen and oxygen atoms in total. The summed E-state index contributed by atoms with van der Waals surface area (Å²) < 4.78 is 11.2. The maximum Gasteiger partial charge on any atom is 0.243 e. The number of carbonyl (C=O) groups excluding carboxylic acids is 2. The van der Waals surface area contributed by atoms with Crippen molar-refractivity contribution in [1.82, 2.24) is 10.6 Å². The maximum absolute atomic E-state index is 10.9. The molecule has 168 valence electrons. The minimum absolute atomic E-state index is 0.0448. The van der Waals surface area contributed by atoms with Crippen molar-refractivity contribution in [3.63, 3.8) is 0 Å². The van der Waals surface area contributed by atoms with Gasteiger partial charge in [-0.25, -0.2) is 0 Å². The van der Waals surface area contributed by atoms with Gasteiger partial charge in [0.2, 0.25) is 12.3 Å². The highest BCUT2D eigenvalue weighted by atomic mass is 35.5. The number of nitrogens with one attached hydrogen (secondary N) is 2. The van der Waals surface area contributed by atoms with Gasteiger partial charge in [0, 0.05) is 32.2 Å². The van der Waals surface area contributed by atoms with E-state index >= 15 is 0 Å². The van der Waals surface area contributed by atoms with Gasteiger partial charge in [0.05, 0.1) is 12.7 Å². The molecule has 7 heteroatoms. The van der Waals surface area contributed by atoms with E-state index in [1.807, 2.05) is 34.6 Å². The van der Waals surface area contributed by atoms with Crippen molar-refractivity contribution in [3.05, 3.63) is 25.3 Å². The number of hydrogen-bond donors (Lipinski definition) is 2. The van der Waals surface area contributed by atoms with Gasteiger partial charge in [-0.2, -0.15) is 0 Å². The van der Waals surface area contributed by atoms with Crippen molar-refractivity contribution in [2.24, 2.45) is 0 Å². The zero-order valence-electron chi connectivity index (χ0n) is 18.6. The smallest absolute Gasteiger partial charge is 0.243 e. The molecule has 0 aromatic rings. The largest absolute Gasteiger partial charge is 0.379 e. The number of hydrogen-bond acceptors (Lipinski definition) is 4. The zero-order chi connectivity index (χ0) is 22.5. The fourth-order valence-corrected chi connectivity index (χ4v) is 1.74. The van der Waals surface area contributed by atoms with Crippen LogP contribution < -0.4 is 10.6 Å². The van der Waals surface area contributed by atoms with E-state index in [0.29, 0.717) is 51.6 Å². The van der Waals surface area contributed by atoms with E-state index in [0.717, 1.165) is 12.8 Å². The second-order valence-electron chi connectivity index (χ2n) is 4.73. The Bertz CT molecular complexity index is 330. The van der Waals surface area contributed by atoms with Crippen molar-refractivity contribution in [2.75, 3.05) is 38.8 Å². The van der Waals surface area contributed by atoms with Gasteiger partial charge in [0.15, 0.2) is 0 Å². The molecule has 0 aromatic carbocycles. The lowest BCUT2D eigenvalue weighted by atomic mass is 10.3. The molecule has 1 unspecified atom stereocenters. The summed E-state index contributed by atoms with van der Waals surface area (Å²) in [7, 11) is 0. The van der Waals surface area contributed by atoms with Gasteiger partial charge in [-0.3, -0.25) is 9.59 Å². The third-order valence-electron chi connectivity index (χ3n) is 2.59. The third kappa shape index (κ3) is 35.7. The fraction of sp³-hybridized carbons (Fsp3) is 0.714. The topological polar surface area (TPSA) is 76.7 Å². The SMILES string of the molecule is C=CC.C=CC(=O)NCCCOC(CCCl)COCCCNC=O.CC.CC. The first-order chi connectivity index (χ1) is 13.7. The van der Waals surface area contributed by atoms with Gasteiger partial charge < -0.3 is 20.1 Å². The molecular formula is C21H43ClN2O4. The average Bonchev–Trinajstić information content (AvgIpc) is 2.73. The summed E-state index contributed by atoms with van der Waals surface area (Å²) in [6, 6.07) is 0. The summed E-state index contributed by atoms with van der Waals surface area (Å²) in [5.41, 5.74) is 0.